The van der Waals surface area contributed by atoms with E-state index in [1.807, 2.05) is 6.92 Å². The van der Waals surface area contributed by atoms with Crippen LogP contribution in [0.2, 0.25) is 0 Å². The Kier molecular flexibility index (Phi) is 3.16. The number of thiazole rings is 1. The lowest BCUT2D eigenvalue weighted by atomic mass is 10.4. The van der Waals surface area contributed by atoms with E-state index in [9.17, 15) is 10.1 Å². The van der Waals surface area contributed by atoms with Crippen LogP contribution in [0.25, 0.3) is 9.75 Å². The predicted octanol–water partition coefficient (Wildman–Crippen LogP) is 3.21. The van der Waals surface area contributed by atoms with Gasteiger partial charge in [0, 0.05) is 18.8 Å². The molecule has 2 heterocycles. The van der Waals surface area contributed by atoms with Crippen LogP contribution in [-0.2, 0) is 0 Å². The summed E-state index contributed by atoms with van der Waals surface area (Å²) >= 11 is 2.67. The first-order chi connectivity index (χ1) is 7.70. The lowest BCUT2D eigenvalue weighted by Gasteiger charge is -1.92. The van der Waals surface area contributed by atoms with E-state index in [2.05, 4.69) is 10.3 Å². The molecule has 0 bridgehead atoms. The number of rotatable bonds is 4. The zero-order chi connectivity index (χ0) is 11.5. The van der Waals surface area contributed by atoms with Crippen LogP contribution in [0.4, 0.5) is 10.1 Å². The molecule has 0 spiro atoms. The van der Waals surface area contributed by atoms with Gasteiger partial charge in [0.25, 0.3) is 0 Å². The average molecular weight is 255 g/mol. The minimum atomic E-state index is -0.375. The van der Waals surface area contributed by atoms with E-state index in [4.69, 9.17) is 0 Å². The van der Waals surface area contributed by atoms with E-state index in [0.29, 0.717) is 0 Å². The van der Waals surface area contributed by atoms with Crippen molar-refractivity contribution >= 4 is 32.8 Å². The Labute approximate surface area is 99.9 Å². The van der Waals surface area contributed by atoms with Gasteiger partial charge in [-0.3, -0.25) is 10.1 Å². The number of nitro groups is 1. The molecule has 0 radical (unpaired) electrons. The van der Waals surface area contributed by atoms with Gasteiger partial charge in [-0.15, -0.1) is 0 Å². The van der Waals surface area contributed by atoms with Crippen molar-refractivity contribution in [2.24, 2.45) is 0 Å². The van der Waals surface area contributed by atoms with E-state index in [1.54, 1.807) is 12.3 Å². The minimum Gasteiger partial charge on any atom is -0.362 e. The monoisotopic (exact) mass is 255 g/mol. The van der Waals surface area contributed by atoms with Crippen LogP contribution >= 0.6 is 22.7 Å². The Morgan fingerprint density at radius 1 is 1.44 bits per heavy atom. The van der Waals surface area contributed by atoms with Crippen molar-refractivity contribution in [3.05, 3.63) is 28.4 Å². The summed E-state index contributed by atoms with van der Waals surface area (Å²) in [5.74, 6) is 0. The van der Waals surface area contributed by atoms with Crippen LogP contribution < -0.4 is 5.32 Å². The van der Waals surface area contributed by atoms with Gasteiger partial charge in [0.15, 0.2) is 5.13 Å². The third kappa shape index (κ3) is 2.20. The van der Waals surface area contributed by atoms with Gasteiger partial charge in [-0.1, -0.05) is 22.7 Å². The number of hydrogen-bond acceptors (Lipinski definition) is 6. The van der Waals surface area contributed by atoms with Crippen molar-refractivity contribution in [3.63, 3.8) is 0 Å². The average Bonchev–Trinajstić information content (AvgIpc) is 2.84. The second-order valence-corrected chi connectivity index (χ2v) is 5.05. The molecule has 0 aliphatic rings. The summed E-state index contributed by atoms with van der Waals surface area (Å²) in [6.45, 7) is 2.81. The molecule has 0 aliphatic heterocycles. The Bertz CT molecular complexity index is 506. The number of anilines is 1. The Morgan fingerprint density at radius 3 is 2.88 bits per heavy atom. The first-order valence-corrected chi connectivity index (χ1v) is 6.28. The van der Waals surface area contributed by atoms with Gasteiger partial charge in [0.05, 0.1) is 14.7 Å². The molecule has 5 nitrogen and oxygen atoms in total. The first kappa shape index (κ1) is 11.0. The maximum Gasteiger partial charge on any atom is 0.324 e. The quantitative estimate of drug-likeness (QED) is 0.672. The van der Waals surface area contributed by atoms with Crippen molar-refractivity contribution < 1.29 is 4.92 Å². The van der Waals surface area contributed by atoms with Gasteiger partial charge >= 0.3 is 5.00 Å². The summed E-state index contributed by atoms with van der Waals surface area (Å²) in [5.41, 5.74) is 0. The fourth-order valence-electron chi connectivity index (χ4n) is 1.18. The minimum absolute atomic E-state index is 0.161. The van der Waals surface area contributed by atoms with E-state index in [1.165, 1.54) is 28.7 Å². The topological polar surface area (TPSA) is 68.1 Å². The second kappa shape index (κ2) is 4.58. The molecule has 16 heavy (non-hydrogen) atoms. The third-order valence-electron chi connectivity index (χ3n) is 1.85. The summed E-state index contributed by atoms with van der Waals surface area (Å²) in [7, 11) is 0. The van der Waals surface area contributed by atoms with Crippen LogP contribution in [0.1, 0.15) is 6.92 Å². The lowest BCUT2D eigenvalue weighted by Crippen LogP contribution is -1.93. The van der Waals surface area contributed by atoms with Gasteiger partial charge in [0.1, 0.15) is 0 Å². The molecule has 1 N–H and O–H groups in total. The summed E-state index contributed by atoms with van der Waals surface area (Å²) in [6.07, 6.45) is 1.73. The second-order valence-electron chi connectivity index (χ2n) is 2.95. The molecule has 0 amide bonds. The highest BCUT2D eigenvalue weighted by Gasteiger charge is 2.12. The zero-order valence-corrected chi connectivity index (χ0v) is 10.1. The summed E-state index contributed by atoms with van der Waals surface area (Å²) in [5, 5.41) is 14.7. The highest BCUT2D eigenvalue weighted by molar-refractivity contribution is 7.25. The fourth-order valence-corrected chi connectivity index (χ4v) is 2.96. The van der Waals surface area contributed by atoms with E-state index in [-0.39, 0.29) is 9.92 Å². The molecule has 0 fully saturated rings. The van der Waals surface area contributed by atoms with Crippen molar-refractivity contribution in [1.29, 1.82) is 0 Å². The van der Waals surface area contributed by atoms with Crippen molar-refractivity contribution in [1.82, 2.24) is 4.98 Å². The highest BCUT2D eigenvalue weighted by Crippen LogP contribution is 2.36. The molecule has 0 aliphatic carbocycles. The van der Waals surface area contributed by atoms with Gasteiger partial charge in [-0.25, -0.2) is 4.98 Å². The lowest BCUT2D eigenvalue weighted by molar-refractivity contribution is -0.380. The number of aromatic nitrogens is 1. The molecule has 0 atom stereocenters. The van der Waals surface area contributed by atoms with Gasteiger partial charge < -0.3 is 5.32 Å². The van der Waals surface area contributed by atoms with Crippen LogP contribution in [0.3, 0.4) is 0 Å². The van der Waals surface area contributed by atoms with Gasteiger partial charge in [-0.2, -0.15) is 0 Å². The van der Waals surface area contributed by atoms with E-state index < -0.39 is 0 Å². The normalized spacial score (nSPS) is 10.3. The molecular weight excluding hydrogens is 246 g/mol. The molecule has 7 heteroatoms. The first-order valence-electron chi connectivity index (χ1n) is 4.65. The highest BCUT2D eigenvalue weighted by atomic mass is 32.1. The molecule has 2 aromatic heterocycles. The number of hydrogen-bond donors (Lipinski definition) is 1. The molecule has 84 valence electrons. The Morgan fingerprint density at radius 2 is 2.25 bits per heavy atom. The number of nitrogens with zero attached hydrogens (tertiary/aromatic N) is 2. The Balaban J connectivity index is 2.24. The smallest absolute Gasteiger partial charge is 0.324 e. The largest absolute Gasteiger partial charge is 0.362 e. The third-order valence-corrected chi connectivity index (χ3v) is 4.04. The van der Waals surface area contributed by atoms with Crippen LogP contribution in [-0.4, -0.2) is 16.5 Å². The standard InChI is InChI=1S/C9H9N3O2S2/c1-2-10-9-11-5-7(16-9)6-3-4-8(15-6)12(13)14/h3-5H,2H2,1H3,(H,10,11). The summed E-state index contributed by atoms with van der Waals surface area (Å²) < 4.78 is 0. The summed E-state index contributed by atoms with van der Waals surface area (Å²) in [6, 6.07) is 3.28. The Hall–Kier alpha value is -1.47. The molecule has 0 saturated heterocycles. The van der Waals surface area contributed by atoms with Crippen molar-refractivity contribution in [3.8, 4) is 9.75 Å². The van der Waals surface area contributed by atoms with Crippen molar-refractivity contribution in [2.45, 2.75) is 6.92 Å². The predicted molar refractivity (Wildman–Crippen MR) is 66.2 cm³/mol. The number of nitrogens with one attached hydrogen (secondary N) is 1. The van der Waals surface area contributed by atoms with Gasteiger partial charge in [-0.05, 0) is 13.0 Å². The van der Waals surface area contributed by atoms with Crippen LogP contribution in [0, 0.1) is 10.1 Å². The molecule has 0 unspecified atom stereocenters. The molecule has 0 aromatic carbocycles. The maximum absolute atomic E-state index is 10.5. The molecule has 0 saturated carbocycles. The summed E-state index contributed by atoms with van der Waals surface area (Å²) in [4.78, 5) is 16.2. The molecule has 2 rings (SSSR count). The van der Waals surface area contributed by atoms with E-state index in [0.717, 1.165) is 21.4 Å². The van der Waals surface area contributed by atoms with Crippen LogP contribution in [0.5, 0.6) is 0 Å². The fraction of sp³-hybridized carbons (Fsp3) is 0.222. The SMILES string of the molecule is CCNc1ncc(-c2ccc([N+](=O)[O-])s2)s1. The maximum atomic E-state index is 10.5. The number of thiophene rings is 1. The van der Waals surface area contributed by atoms with Crippen molar-refractivity contribution in [2.75, 3.05) is 11.9 Å². The zero-order valence-electron chi connectivity index (χ0n) is 8.47. The van der Waals surface area contributed by atoms with Gasteiger partial charge in [0.2, 0.25) is 0 Å². The molecular formula is C9H9N3O2S2. The van der Waals surface area contributed by atoms with E-state index >= 15 is 0 Å². The molecule has 2 aromatic rings. The van der Waals surface area contributed by atoms with Crippen LogP contribution in [0.15, 0.2) is 18.3 Å².